The van der Waals surface area contributed by atoms with Gasteiger partial charge in [0.05, 0.1) is 41.4 Å². The largest absolute Gasteiger partial charge is 0.506 e. The second kappa shape index (κ2) is 14.8. The quantitative estimate of drug-likeness (QED) is 0.0437. The molecule has 5 unspecified atom stereocenters. The van der Waals surface area contributed by atoms with Crippen LogP contribution in [0.1, 0.15) is 59.9 Å². The average Bonchev–Trinajstić information content (AvgIpc) is 3.41. The van der Waals surface area contributed by atoms with E-state index in [2.05, 4.69) is 22.7 Å². The van der Waals surface area contributed by atoms with Gasteiger partial charge >= 0.3 is 5.97 Å². The van der Waals surface area contributed by atoms with Gasteiger partial charge in [0.1, 0.15) is 36.1 Å². The van der Waals surface area contributed by atoms with Crippen molar-refractivity contribution in [2.45, 2.75) is 80.6 Å². The number of carbonyl (C=O) groups excluding carboxylic acids is 2. The Bertz CT molecular complexity index is 1850. The fourth-order valence-corrected chi connectivity index (χ4v) is 9.84. The Morgan fingerprint density at radius 1 is 1.02 bits per heavy atom. The Labute approximate surface area is 303 Å². The Kier molecular flexibility index (Phi) is 10.4. The lowest BCUT2D eigenvalue weighted by Crippen LogP contribution is -2.63. The van der Waals surface area contributed by atoms with E-state index >= 15 is 0 Å². The number of H-pyrrole nitrogens is 1. The van der Waals surface area contributed by atoms with Crippen LogP contribution in [0.2, 0.25) is 0 Å². The number of quaternary nitrogens is 1. The molecule has 12 nitrogen and oxygen atoms in total. The number of rotatable bonds is 16. The molecule has 5 atom stereocenters. The van der Waals surface area contributed by atoms with Crippen LogP contribution >= 0.6 is 22.7 Å². The summed E-state index contributed by atoms with van der Waals surface area (Å²) < 4.78 is 12.8. The van der Waals surface area contributed by atoms with Crippen LogP contribution in [0.4, 0.5) is 0 Å². The smallest absolute Gasteiger partial charge is 0.349 e. The van der Waals surface area contributed by atoms with Crippen molar-refractivity contribution in [3.63, 3.8) is 0 Å². The van der Waals surface area contributed by atoms with Crippen LogP contribution in [0, 0.1) is 0 Å². The standard InChI is InChI=1S/C37H44N4O8S2/c1-41(16-13-31(44)39-15-4-2-3-14-38-21-28(43)23-9-11-27(42)33-24(23)10-12-32(45)40-33)25-19-22(20-26(41)35-34(25)49-35)48-36(46)37(47,29-7-5-17-50-29)30-8-6-18-51-30/h5-12,17-18,22,25-26,28,34-35,38,43,47H,2-4,13-16,19-21H2,1H3,(H2-,39,40,42,44,45)/p+1. The number of aromatic amines is 1. The number of carbonyl (C=O) groups is 2. The van der Waals surface area contributed by atoms with Crippen molar-refractivity contribution in [1.29, 1.82) is 0 Å². The summed E-state index contributed by atoms with van der Waals surface area (Å²) in [6, 6.07) is 13.5. The van der Waals surface area contributed by atoms with Crippen LogP contribution in [-0.4, -0.2) is 100 Å². The first-order valence-corrected chi connectivity index (χ1v) is 19.4. The van der Waals surface area contributed by atoms with Gasteiger partial charge in [-0.3, -0.25) is 9.59 Å². The number of epoxide rings is 1. The number of aliphatic hydroxyl groups is 2. The molecule has 2 bridgehead atoms. The first kappa shape index (κ1) is 35.8. The number of aromatic hydroxyl groups is 1. The predicted octanol–water partition coefficient (Wildman–Crippen LogP) is 3.26. The van der Waals surface area contributed by atoms with Crippen molar-refractivity contribution in [2.24, 2.45) is 0 Å². The molecule has 3 aliphatic rings. The molecule has 0 saturated carbocycles. The third kappa shape index (κ3) is 7.10. The Morgan fingerprint density at radius 3 is 2.37 bits per heavy atom. The lowest BCUT2D eigenvalue weighted by atomic mass is 9.94. The predicted molar refractivity (Wildman–Crippen MR) is 194 cm³/mol. The van der Waals surface area contributed by atoms with Gasteiger partial charge in [-0.25, -0.2) is 4.79 Å². The lowest BCUT2D eigenvalue weighted by Gasteiger charge is -2.48. The summed E-state index contributed by atoms with van der Waals surface area (Å²) in [5.41, 5.74) is -1.21. The van der Waals surface area contributed by atoms with Gasteiger partial charge in [0.15, 0.2) is 0 Å². The number of piperidine rings is 1. The highest BCUT2D eigenvalue weighted by Crippen LogP contribution is 2.53. The molecule has 0 radical (unpaired) electrons. The third-order valence-electron chi connectivity index (χ3n) is 10.9. The molecule has 6 heterocycles. The summed E-state index contributed by atoms with van der Waals surface area (Å²) >= 11 is 2.66. The van der Waals surface area contributed by atoms with E-state index in [9.17, 15) is 29.7 Å². The Morgan fingerprint density at radius 2 is 1.71 bits per heavy atom. The van der Waals surface area contributed by atoms with E-state index in [0.717, 1.165) is 23.7 Å². The van der Waals surface area contributed by atoms with E-state index in [1.807, 2.05) is 22.9 Å². The highest BCUT2D eigenvalue weighted by atomic mass is 32.1. The number of phenolic OH excluding ortho intramolecular Hbond substituents is 1. The topological polar surface area (TPSA) is 174 Å². The molecule has 7 rings (SSSR count). The molecule has 0 spiro atoms. The number of pyridine rings is 1. The maximum Gasteiger partial charge on any atom is 0.349 e. The number of morpholine rings is 1. The minimum Gasteiger partial charge on any atom is -0.506 e. The number of hydrogen-bond donors (Lipinski definition) is 6. The van der Waals surface area contributed by atoms with Crippen LogP contribution < -0.4 is 16.2 Å². The number of amides is 1. The van der Waals surface area contributed by atoms with Crippen LogP contribution in [-0.2, 0) is 24.7 Å². The summed E-state index contributed by atoms with van der Waals surface area (Å²) in [7, 11) is 2.19. The second-order valence-electron chi connectivity index (χ2n) is 14.1. The van der Waals surface area contributed by atoms with Crippen LogP contribution in [0.15, 0.2) is 64.1 Å². The molecule has 14 heteroatoms. The number of benzene rings is 1. The Balaban J connectivity index is 0.817. The van der Waals surface area contributed by atoms with Crippen molar-refractivity contribution >= 4 is 45.5 Å². The van der Waals surface area contributed by atoms with Gasteiger partial charge in [0.2, 0.25) is 17.1 Å². The maximum atomic E-state index is 13.6. The number of aromatic nitrogens is 1. The first-order valence-electron chi connectivity index (χ1n) is 17.6. The number of likely N-dealkylation sites (N-methyl/N-ethyl adjacent to an activating group) is 1. The number of esters is 1. The number of aliphatic hydroxyl groups excluding tert-OH is 1. The fourth-order valence-electron chi connectivity index (χ4n) is 8.12. The van der Waals surface area contributed by atoms with Crippen molar-refractivity contribution in [3.05, 3.63) is 85.0 Å². The van der Waals surface area contributed by atoms with Gasteiger partial charge in [-0.1, -0.05) is 24.6 Å². The molecule has 3 fully saturated rings. The van der Waals surface area contributed by atoms with E-state index in [-0.39, 0.29) is 47.6 Å². The number of ether oxygens (including phenoxy) is 2. The molecule has 3 aromatic heterocycles. The number of nitrogens with one attached hydrogen (secondary N) is 3. The van der Waals surface area contributed by atoms with E-state index in [1.54, 1.807) is 24.3 Å². The van der Waals surface area contributed by atoms with Gasteiger partial charge in [-0.15, -0.1) is 22.7 Å². The molecule has 3 saturated heterocycles. The number of hydrogen-bond acceptors (Lipinski definition) is 11. The lowest BCUT2D eigenvalue weighted by molar-refractivity contribution is -0.955. The van der Waals surface area contributed by atoms with Crippen molar-refractivity contribution in [2.75, 3.05) is 33.2 Å². The molecule has 1 aromatic carbocycles. The van der Waals surface area contributed by atoms with E-state index in [0.29, 0.717) is 71.7 Å². The molecular weight excluding hydrogens is 693 g/mol. The molecule has 6 N–H and O–H groups in total. The summed E-state index contributed by atoms with van der Waals surface area (Å²) in [5, 5.41) is 43.1. The first-order chi connectivity index (χ1) is 24.6. The normalized spacial score (nSPS) is 25.7. The number of phenols is 1. The van der Waals surface area contributed by atoms with Crippen molar-refractivity contribution in [1.82, 2.24) is 15.6 Å². The molecular formula is C37H45N4O8S2+. The summed E-state index contributed by atoms with van der Waals surface area (Å²) in [5.74, 6) is -0.654. The van der Waals surface area contributed by atoms with Gasteiger partial charge in [-0.2, -0.15) is 0 Å². The maximum absolute atomic E-state index is 13.6. The molecule has 0 aliphatic carbocycles. The number of unbranched alkanes of at least 4 members (excludes halogenated alkanes) is 2. The summed E-state index contributed by atoms with van der Waals surface area (Å²) in [6.45, 7) is 2.32. The molecule has 51 heavy (non-hydrogen) atoms. The summed E-state index contributed by atoms with van der Waals surface area (Å²) in [4.78, 5) is 41.8. The van der Waals surface area contributed by atoms with Crippen LogP contribution in [0.3, 0.4) is 0 Å². The molecule has 1 amide bonds. The number of fused-ring (bicyclic) bond motifs is 6. The van der Waals surface area contributed by atoms with E-state index in [4.69, 9.17) is 9.47 Å². The zero-order chi connectivity index (χ0) is 35.8. The van der Waals surface area contributed by atoms with Gasteiger partial charge in [0.25, 0.3) is 0 Å². The zero-order valence-corrected chi connectivity index (χ0v) is 30.1. The average molecular weight is 738 g/mol. The van der Waals surface area contributed by atoms with Crippen molar-refractivity contribution < 1.29 is 38.9 Å². The highest BCUT2D eigenvalue weighted by molar-refractivity contribution is 7.12. The Hall–Kier alpha value is -3.63. The zero-order valence-electron chi connectivity index (χ0n) is 28.5. The monoisotopic (exact) mass is 737 g/mol. The highest BCUT2D eigenvalue weighted by Gasteiger charge is 2.72. The fraction of sp³-hybridized carbons (Fsp3) is 0.486. The summed E-state index contributed by atoms with van der Waals surface area (Å²) in [6.07, 6.45) is 3.41. The molecule has 4 aromatic rings. The third-order valence-corrected chi connectivity index (χ3v) is 12.9. The minimum atomic E-state index is -1.83. The van der Waals surface area contributed by atoms with Gasteiger partial charge < -0.3 is 44.9 Å². The molecule has 272 valence electrons. The SMILES string of the molecule is C[N+]1(CCC(=O)NCCCCCNCC(O)c2ccc(O)c3[nH]c(=O)ccc23)C2CC(OC(=O)C(O)(c3cccs3)c3cccs3)CC1C1OC12. The number of nitrogens with zero attached hydrogens (tertiary/aromatic N) is 1. The van der Waals surface area contributed by atoms with E-state index < -0.39 is 17.7 Å². The second-order valence-corrected chi connectivity index (χ2v) is 16.0. The number of thiophene rings is 2. The van der Waals surface area contributed by atoms with Crippen molar-refractivity contribution in [3.8, 4) is 5.75 Å². The van der Waals surface area contributed by atoms with Gasteiger partial charge in [0, 0.05) is 37.4 Å². The van der Waals surface area contributed by atoms with Crippen LogP contribution in [0.25, 0.3) is 10.9 Å². The van der Waals surface area contributed by atoms with E-state index in [1.165, 1.54) is 34.8 Å². The van der Waals surface area contributed by atoms with Gasteiger partial charge in [-0.05, 0) is 60.0 Å². The minimum absolute atomic E-state index is 0.0255. The van der Waals surface area contributed by atoms with Crippen LogP contribution in [0.5, 0.6) is 5.75 Å². The molecule has 3 aliphatic heterocycles.